The molecule has 3 rings (SSSR count). The van der Waals surface area contributed by atoms with Gasteiger partial charge in [0.05, 0.1) is 23.7 Å². The van der Waals surface area contributed by atoms with Gasteiger partial charge in [-0.3, -0.25) is 4.21 Å². The molecule has 0 spiro atoms. The molecule has 1 aromatic heterocycles. The molecule has 3 aromatic rings. The van der Waals surface area contributed by atoms with Gasteiger partial charge in [-0.2, -0.15) is 0 Å². The van der Waals surface area contributed by atoms with E-state index in [1.54, 1.807) is 13.2 Å². The number of hydrogen-bond acceptors (Lipinski definition) is 5. The first kappa shape index (κ1) is 14.9. The summed E-state index contributed by atoms with van der Waals surface area (Å²) in [6, 6.07) is 17.2. The summed E-state index contributed by atoms with van der Waals surface area (Å²) in [6.45, 7) is 0. The van der Waals surface area contributed by atoms with E-state index >= 15 is 0 Å². The molecule has 2 aromatic carbocycles. The van der Waals surface area contributed by atoms with Crippen LogP contribution in [-0.2, 0) is 16.6 Å². The molecule has 0 fully saturated rings. The average Bonchev–Trinajstić information content (AvgIpc) is 3.04. The SMILES string of the molecule is COc1cccc(S(=O)Cc2nnc(-c3ccccc3)s2)c1. The zero-order valence-electron chi connectivity index (χ0n) is 11.9. The first-order chi connectivity index (χ1) is 10.8. The van der Waals surface area contributed by atoms with Crippen molar-refractivity contribution in [3.63, 3.8) is 0 Å². The number of benzene rings is 2. The number of hydrogen-bond donors (Lipinski definition) is 0. The Hall–Kier alpha value is -2.05. The fraction of sp³-hybridized carbons (Fsp3) is 0.125. The minimum absolute atomic E-state index is 0.359. The summed E-state index contributed by atoms with van der Waals surface area (Å²) in [7, 11) is 0.435. The predicted molar refractivity (Wildman–Crippen MR) is 88.5 cm³/mol. The molecule has 1 heterocycles. The highest BCUT2D eigenvalue weighted by Gasteiger charge is 2.11. The molecule has 0 aliphatic heterocycles. The van der Waals surface area contributed by atoms with Crippen molar-refractivity contribution in [1.82, 2.24) is 10.2 Å². The van der Waals surface area contributed by atoms with E-state index in [1.807, 2.05) is 48.5 Å². The van der Waals surface area contributed by atoms with Crippen molar-refractivity contribution in [2.45, 2.75) is 10.6 Å². The second-order valence-electron chi connectivity index (χ2n) is 4.54. The summed E-state index contributed by atoms with van der Waals surface area (Å²) >= 11 is 1.47. The van der Waals surface area contributed by atoms with Gasteiger partial charge in [-0.1, -0.05) is 47.7 Å². The minimum Gasteiger partial charge on any atom is -0.497 e. The van der Waals surface area contributed by atoms with Crippen LogP contribution in [-0.4, -0.2) is 21.5 Å². The van der Waals surface area contributed by atoms with Gasteiger partial charge in [0, 0.05) is 10.5 Å². The first-order valence-electron chi connectivity index (χ1n) is 6.66. The van der Waals surface area contributed by atoms with E-state index in [-0.39, 0.29) is 0 Å². The first-order valence-corrected chi connectivity index (χ1v) is 8.80. The molecule has 0 N–H and O–H groups in total. The van der Waals surface area contributed by atoms with E-state index in [0.717, 1.165) is 20.5 Å². The third-order valence-corrected chi connectivity index (χ3v) is 5.52. The highest BCUT2D eigenvalue weighted by atomic mass is 32.2. The number of aromatic nitrogens is 2. The monoisotopic (exact) mass is 330 g/mol. The van der Waals surface area contributed by atoms with Crippen molar-refractivity contribution < 1.29 is 8.95 Å². The lowest BCUT2D eigenvalue weighted by molar-refractivity contribution is 0.413. The number of methoxy groups -OCH3 is 1. The van der Waals surface area contributed by atoms with Gasteiger partial charge in [0.2, 0.25) is 0 Å². The third-order valence-electron chi connectivity index (χ3n) is 3.05. The average molecular weight is 330 g/mol. The maximum atomic E-state index is 12.4. The molecule has 1 unspecified atom stereocenters. The molecule has 0 aliphatic carbocycles. The fourth-order valence-corrected chi connectivity index (χ4v) is 4.07. The quantitative estimate of drug-likeness (QED) is 0.718. The predicted octanol–water partition coefficient (Wildman–Crippen LogP) is 3.52. The molecule has 0 aliphatic rings. The van der Waals surface area contributed by atoms with Gasteiger partial charge < -0.3 is 4.74 Å². The number of rotatable bonds is 5. The topological polar surface area (TPSA) is 52.1 Å². The molecule has 6 heteroatoms. The van der Waals surface area contributed by atoms with Crippen LogP contribution in [0.5, 0.6) is 5.75 Å². The second-order valence-corrected chi connectivity index (χ2v) is 7.05. The van der Waals surface area contributed by atoms with E-state index in [1.165, 1.54) is 11.3 Å². The van der Waals surface area contributed by atoms with Crippen molar-refractivity contribution in [3.05, 3.63) is 59.6 Å². The van der Waals surface area contributed by atoms with Crippen LogP contribution in [0.25, 0.3) is 10.6 Å². The molecule has 0 amide bonds. The van der Waals surface area contributed by atoms with Gasteiger partial charge in [-0.05, 0) is 18.2 Å². The lowest BCUT2D eigenvalue weighted by atomic mass is 10.2. The van der Waals surface area contributed by atoms with Crippen LogP contribution in [0, 0.1) is 0 Å². The van der Waals surface area contributed by atoms with Crippen LogP contribution in [0.1, 0.15) is 5.01 Å². The van der Waals surface area contributed by atoms with Gasteiger partial charge in [0.25, 0.3) is 0 Å². The normalized spacial score (nSPS) is 12.0. The van der Waals surface area contributed by atoms with Crippen LogP contribution in [0.15, 0.2) is 59.5 Å². The third kappa shape index (κ3) is 3.40. The molecular formula is C16H14N2O2S2. The maximum Gasteiger partial charge on any atom is 0.147 e. The summed E-state index contributed by atoms with van der Waals surface area (Å²) < 4.78 is 17.6. The van der Waals surface area contributed by atoms with Crippen molar-refractivity contribution in [2.75, 3.05) is 7.11 Å². The summed E-state index contributed by atoms with van der Waals surface area (Å²) in [6.07, 6.45) is 0. The standard InChI is InChI=1S/C16H14N2O2S2/c1-20-13-8-5-9-14(10-13)22(19)11-15-17-18-16(21-15)12-6-3-2-4-7-12/h2-10H,11H2,1H3. The largest absolute Gasteiger partial charge is 0.497 e. The Kier molecular flexibility index (Phi) is 4.60. The molecule has 22 heavy (non-hydrogen) atoms. The second kappa shape index (κ2) is 6.81. The van der Waals surface area contributed by atoms with E-state index in [9.17, 15) is 4.21 Å². The summed E-state index contributed by atoms with van der Waals surface area (Å²) in [5, 5.41) is 9.93. The minimum atomic E-state index is -1.16. The fourth-order valence-electron chi connectivity index (χ4n) is 1.95. The molecule has 0 saturated heterocycles. The van der Waals surface area contributed by atoms with E-state index in [0.29, 0.717) is 11.5 Å². The smallest absolute Gasteiger partial charge is 0.147 e. The Morgan fingerprint density at radius 3 is 2.68 bits per heavy atom. The van der Waals surface area contributed by atoms with Crippen molar-refractivity contribution >= 4 is 22.1 Å². The van der Waals surface area contributed by atoms with Gasteiger partial charge >= 0.3 is 0 Å². The molecule has 1 atom stereocenters. The Labute approximate surface area is 135 Å². The lowest BCUT2D eigenvalue weighted by Gasteiger charge is -2.03. The lowest BCUT2D eigenvalue weighted by Crippen LogP contribution is -1.96. The van der Waals surface area contributed by atoms with Gasteiger partial charge in [-0.25, -0.2) is 0 Å². The summed E-state index contributed by atoms with van der Waals surface area (Å²) in [5.74, 6) is 1.06. The highest BCUT2D eigenvalue weighted by molar-refractivity contribution is 7.84. The van der Waals surface area contributed by atoms with Crippen LogP contribution >= 0.6 is 11.3 Å². The van der Waals surface area contributed by atoms with Crippen LogP contribution in [0.2, 0.25) is 0 Å². The zero-order chi connectivity index (χ0) is 15.4. The zero-order valence-corrected chi connectivity index (χ0v) is 13.6. The Balaban J connectivity index is 1.76. The maximum absolute atomic E-state index is 12.4. The molecule has 4 nitrogen and oxygen atoms in total. The Morgan fingerprint density at radius 1 is 1.09 bits per heavy atom. The van der Waals surface area contributed by atoms with Crippen LogP contribution < -0.4 is 4.74 Å². The molecular weight excluding hydrogens is 316 g/mol. The molecule has 0 saturated carbocycles. The molecule has 112 valence electrons. The van der Waals surface area contributed by atoms with Crippen molar-refractivity contribution in [2.24, 2.45) is 0 Å². The number of nitrogens with zero attached hydrogens (tertiary/aromatic N) is 2. The highest BCUT2D eigenvalue weighted by Crippen LogP contribution is 2.25. The van der Waals surface area contributed by atoms with Gasteiger partial charge in [-0.15, -0.1) is 10.2 Å². The van der Waals surface area contributed by atoms with E-state index < -0.39 is 10.8 Å². The van der Waals surface area contributed by atoms with Gasteiger partial charge in [0.1, 0.15) is 15.8 Å². The summed E-state index contributed by atoms with van der Waals surface area (Å²) in [4.78, 5) is 0.732. The van der Waals surface area contributed by atoms with E-state index in [2.05, 4.69) is 10.2 Å². The van der Waals surface area contributed by atoms with Crippen LogP contribution in [0.4, 0.5) is 0 Å². The summed E-state index contributed by atoms with van der Waals surface area (Å²) in [5.41, 5.74) is 1.03. The van der Waals surface area contributed by atoms with Gasteiger partial charge in [0.15, 0.2) is 0 Å². The number of ether oxygens (including phenoxy) is 1. The van der Waals surface area contributed by atoms with E-state index in [4.69, 9.17) is 4.74 Å². The van der Waals surface area contributed by atoms with Crippen molar-refractivity contribution in [3.8, 4) is 16.3 Å². The Bertz CT molecular complexity index is 788. The molecule has 0 radical (unpaired) electrons. The van der Waals surface area contributed by atoms with Crippen molar-refractivity contribution in [1.29, 1.82) is 0 Å². The molecule has 0 bridgehead atoms. The van der Waals surface area contributed by atoms with Crippen LogP contribution in [0.3, 0.4) is 0 Å². The Morgan fingerprint density at radius 2 is 1.91 bits per heavy atom.